The number of nitrogens with zero attached hydrogens (tertiary/aromatic N) is 1. The number of benzene rings is 1. The van der Waals surface area contributed by atoms with Crippen molar-refractivity contribution in [2.75, 3.05) is 23.8 Å². The summed E-state index contributed by atoms with van der Waals surface area (Å²) in [5, 5.41) is 9.27. The highest BCUT2D eigenvalue weighted by Gasteiger charge is 2.68. The van der Waals surface area contributed by atoms with Crippen molar-refractivity contribution < 1.29 is 9.90 Å². The molecule has 3 N–H and O–H groups in total. The van der Waals surface area contributed by atoms with E-state index < -0.39 is 0 Å². The molecule has 0 heterocycles. The summed E-state index contributed by atoms with van der Waals surface area (Å²) in [5.41, 5.74) is 7.16. The number of para-hydroxylation sites is 2. The monoisotopic (exact) mass is 276 g/mol. The molecule has 1 aromatic rings. The first-order valence-corrected chi connectivity index (χ1v) is 7.02. The minimum absolute atomic E-state index is 0.0265. The van der Waals surface area contributed by atoms with E-state index in [0.717, 1.165) is 0 Å². The Balaban J connectivity index is 2.32. The number of rotatable bonds is 4. The second-order valence-electron chi connectivity index (χ2n) is 6.65. The van der Waals surface area contributed by atoms with Crippen LogP contribution in [-0.4, -0.2) is 24.2 Å². The quantitative estimate of drug-likeness (QED) is 0.829. The topological polar surface area (TPSA) is 66.6 Å². The van der Waals surface area contributed by atoms with Crippen molar-refractivity contribution >= 4 is 17.3 Å². The number of anilines is 2. The second-order valence-corrected chi connectivity index (χ2v) is 6.65. The Kier molecular flexibility index (Phi) is 3.54. The number of aliphatic hydroxyl groups is 1. The highest BCUT2D eigenvalue weighted by atomic mass is 16.3. The number of nitrogens with two attached hydrogens (primary N) is 1. The molecule has 0 bridgehead atoms. The average Bonchev–Trinajstić information content (AvgIpc) is 2.77. The minimum atomic E-state index is -0.0757. The summed E-state index contributed by atoms with van der Waals surface area (Å²) >= 11 is 0. The highest BCUT2D eigenvalue weighted by Crippen LogP contribution is 2.68. The van der Waals surface area contributed by atoms with Gasteiger partial charge in [0, 0.05) is 12.5 Å². The molecule has 0 aromatic heterocycles. The first-order valence-electron chi connectivity index (χ1n) is 7.02. The van der Waals surface area contributed by atoms with Gasteiger partial charge in [-0.25, -0.2) is 0 Å². The molecule has 4 nitrogen and oxygen atoms in total. The van der Waals surface area contributed by atoms with Gasteiger partial charge in [0.25, 0.3) is 0 Å². The van der Waals surface area contributed by atoms with Crippen LogP contribution in [0.15, 0.2) is 24.3 Å². The second kappa shape index (κ2) is 4.77. The summed E-state index contributed by atoms with van der Waals surface area (Å²) in [6.07, 6.45) is 0. The predicted molar refractivity (Wildman–Crippen MR) is 81.3 cm³/mol. The Morgan fingerprint density at radius 1 is 1.25 bits per heavy atom. The maximum absolute atomic E-state index is 12.8. The Morgan fingerprint density at radius 2 is 1.80 bits per heavy atom. The Hall–Kier alpha value is -1.55. The van der Waals surface area contributed by atoms with Crippen LogP contribution in [0.4, 0.5) is 11.4 Å². The van der Waals surface area contributed by atoms with E-state index in [-0.39, 0.29) is 35.8 Å². The molecule has 20 heavy (non-hydrogen) atoms. The minimum Gasteiger partial charge on any atom is -0.397 e. The van der Waals surface area contributed by atoms with Gasteiger partial charge in [0.2, 0.25) is 5.91 Å². The van der Waals surface area contributed by atoms with Gasteiger partial charge in [0.1, 0.15) is 0 Å². The maximum Gasteiger partial charge on any atom is 0.231 e. The van der Waals surface area contributed by atoms with Crippen LogP contribution in [0, 0.1) is 16.7 Å². The van der Waals surface area contributed by atoms with Crippen LogP contribution in [0.5, 0.6) is 0 Å². The van der Waals surface area contributed by atoms with Crippen molar-refractivity contribution in [3.8, 4) is 0 Å². The molecule has 1 aliphatic carbocycles. The van der Waals surface area contributed by atoms with Gasteiger partial charge in [-0.2, -0.15) is 0 Å². The molecule has 1 fully saturated rings. The molecule has 1 saturated carbocycles. The molecule has 0 aliphatic heterocycles. The summed E-state index contributed by atoms with van der Waals surface area (Å²) in [7, 11) is 0. The summed E-state index contributed by atoms with van der Waals surface area (Å²) in [6, 6.07) is 7.29. The summed E-state index contributed by atoms with van der Waals surface area (Å²) < 4.78 is 0. The van der Waals surface area contributed by atoms with Crippen molar-refractivity contribution in [1.29, 1.82) is 0 Å². The van der Waals surface area contributed by atoms with Gasteiger partial charge in [-0.3, -0.25) is 4.79 Å². The lowest BCUT2D eigenvalue weighted by Gasteiger charge is -2.24. The van der Waals surface area contributed by atoms with E-state index in [2.05, 4.69) is 27.7 Å². The van der Waals surface area contributed by atoms with Crippen molar-refractivity contribution in [3.05, 3.63) is 24.3 Å². The fourth-order valence-electron chi connectivity index (χ4n) is 3.15. The van der Waals surface area contributed by atoms with Gasteiger partial charge < -0.3 is 15.7 Å². The average molecular weight is 276 g/mol. The molecule has 0 spiro atoms. The summed E-state index contributed by atoms with van der Waals surface area (Å²) in [4.78, 5) is 14.5. The molecule has 110 valence electrons. The Morgan fingerprint density at radius 3 is 2.25 bits per heavy atom. The highest BCUT2D eigenvalue weighted by molar-refractivity contribution is 6.00. The van der Waals surface area contributed by atoms with Gasteiger partial charge in [0.05, 0.1) is 18.0 Å². The first-order chi connectivity index (χ1) is 9.25. The number of carbonyl (C=O) groups excluding carboxylic acids is 1. The fraction of sp³-hybridized carbons (Fsp3) is 0.562. The summed E-state index contributed by atoms with van der Waals surface area (Å²) in [6.45, 7) is 8.65. The zero-order valence-corrected chi connectivity index (χ0v) is 12.7. The van der Waals surface area contributed by atoms with Crippen LogP contribution >= 0.6 is 0 Å². The third-order valence-corrected chi connectivity index (χ3v) is 5.08. The molecular weight excluding hydrogens is 252 g/mol. The number of carbonyl (C=O) groups is 1. The van der Waals surface area contributed by atoms with Crippen molar-refractivity contribution in [2.24, 2.45) is 16.7 Å². The van der Waals surface area contributed by atoms with Gasteiger partial charge in [-0.15, -0.1) is 0 Å². The smallest absolute Gasteiger partial charge is 0.231 e. The van der Waals surface area contributed by atoms with E-state index in [4.69, 9.17) is 5.73 Å². The zero-order valence-electron chi connectivity index (χ0n) is 12.7. The SMILES string of the molecule is CC1(C)C(C(=O)N(CCO)c2ccccc2N)C1(C)C. The van der Waals surface area contributed by atoms with Gasteiger partial charge in [-0.05, 0) is 23.0 Å². The van der Waals surface area contributed by atoms with Crippen LogP contribution in [-0.2, 0) is 4.79 Å². The predicted octanol–water partition coefficient (Wildman–Crippen LogP) is 2.28. The van der Waals surface area contributed by atoms with Crippen LogP contribution < -0.4 is 10.6 Å². The van der Waals surface area contributed by atoms with E-state index >= 15 is 0 Å². The van der Waals surface area contributed by atoms with Crippen LogP contribution in [0.2, 0.25) is 0 Å². The first kappa shape index (κ1) is 14.9. The standard InChI is InChI=1S/C16H24N2O2/c1-15(2)13(16(15,3)4)14(20)18(9-10-19)12-8-6-5-7-11(12)17/h5-8,13,19H,9-10,17H2,1-4H3. The number of aliphatic hydroxyl groups excluding tert-OH is 1. The lowest BCUT2D eigenvalue weighted by Crippen LogP contribution is -2.36. The van der Waals surface area contributed by atoms with E-state index in [1.807, 2.05) is 18.2 Å². The van der Waals surface area contributed by atoms with Crippen molar-refractivity contribution in [1.82, 2.24) is 0 Å². The molecule has 1 aliphatic rings. The molecular formula is C16H24N2O2. The van der Waals surface area contributed by atoms with Crippen LogP contribution in [0.25, 0.3) is 0 Å². The number of hydrogen-bond acceptors (Lipinski definition) is 3. The third kappa shape index (κ3) is 2.08. The normalized spacial score (nSPS) is 19.6. The van der Waals surface area contributed by atoms with Gasteiger partial charge >= 0.3 is 0 Å². The van der Waals surface area contributed by atoms with Crippen molar-refractivity contribution in [2.45, 2.75) is 27.7 Å². The van der Waals surface area contributed by atoms with E-state index in [9.17, 15) is 9.90 Å². The fourth-order valence-corrected chi connectivity index (χ4v) is 3.15. The lowest BCUT2D eigenvalue weighted by molar-refractivity contribution is -0.121. The number of amides is 1. The van der Waals surface area contributed by atoms with E-state index in [1.165, 1.54) is 0 Å². The van der Waals surface area contributed by atoms with Crippen LogP contribution in [0.1, 0.15) is 27.7 Å². The molecule has 0 radical (unpaired) electrons. The summed E-state index contributed by atoms with van der Waals surface area (Å²) in [5.74, 6) is 0.00751. The molecule has 1 amide bonds. The number of nitrogen functional groups attached to an aromatic ring is 1. The van der Waals surface area contributed by atoms with Crippen molar-refractivity contribution in [3.63, 3.8) is 0 Å². The van der Waals surface area contributed by atoms with Crippen LogP contribution in [0.3, 0.4) is 0 Å². The van der Waals surface area contributed by atoms with E-state index in [0.29, 0.717) is 11.4 Å². The molecule has 0 saturated heterocycles. The largest absolute Gasteiger partial charge is 0.397 e. The van der Waals surface area contributed by atoms with Gasteiger partial charge in [-0.1, -0.05) is 39.8 Å². The molecule has 0 atom stereocenters. The Bertz CT molecular complexity index is 509. The number of hydrogen-bond donors (Lipinski definition) is 2. The van der Waals surface area contributed by atoms with E-state index in [1.54, 1.807) is 11.0 Å². The molecule has 4 heteroatoms. The molecule has 2 rings (SSSR count). The van der Waals surface area contributed by atoms with Gasteiger partial charge in [0.15, 0.2) is 0 Å². The Labute approximate surface area is 120 Å². The third-order valence-electron chi connectivity index (χ3n) is 5.08. The maximum atomic E-state index is 12.8. The lowest BCUT2D eigenvalue weighted by atomic mass is 10.0. The zero-order chi connectivity index (χ0) is 15.1. The molecule has 0 unspecified atom stereocenters. The molecule has 1 aromatic carbocycles.